The van der Waals surface area contributed by atoms with Gasteiger partial charge >= 0.3 is 6.03 Å². The summed E-state index contributed by atoms with van der Waals surface area (Å²) in [5.41, 5.74) is 2.56. The number of benzene rings is 2. The van der Waals surface area contributed by atoms with E-state index >= 15 is 0 Å². The van der Waals surface area contributed by atoms with E-state index in [0.717, 1.165) is 17.7 Å². The van der Waals surface area contributed by atoms with Crippen LogP contribution in [-0.4, -0.2) is 38.7 Å². The van der Waals surface area contributed by atoms with Gasteiger partial charge in [-0.1, -0.05) is 32.0 Å². The van der Waals surface area contributed by atoms with E-state index in [9.17, 15) is 9.59 Å². The number of amides is 3. The highest BCUT2D eigenvalue weighted by atomic mass is 16.5. The molecule has 29 heavy (non-hydrogen) atoms. The predicted octanol–water partition coefficient (Wildman–Crippen LogP) is 3.44. The fourth-order valence-corrected chi connectivity index (χ4v) is 3.45. The number of methoxy groups -OCH3 is 2. The molecule has 7 heteroatoms. The maximum Gasteiger partial charge on any atom is 0.320 e. The van der Waals surface area contributed by atoms with Gasteiger partial charge in [0.1, 0.15) is 17.5 Å². The summed E-state index contributed by atoms with van der Waals surface area (Å²) < 4.78 is 10.5. The number of carbonyl (C=O) groups excluding carboxylic acids is 2. The minimum Gasteiger partial charge on any atom is -0.497 e. The highest BCUT2D eigenvalue weighted by Gasteiger charge is 2.32. The van der Waals surface area contributed by atoms with Crippen LogP contribution in [0.5, 0.6) is 11.5 Å². The number of nitrogens with zero attached hydrogens (tertiary/aromatic N) is 1. The van der Waals surface area contributed by atoms with Crippen LogP contribution in [0, 0.1) is 5.92 Å². The molecule has 1 aliphatic rings. The lowest BCUT2D eigenvalue weighted by Crippen LogP contribution is -2.52. The first-order chi connectivity index (χ1) is 13.9. The molecule has 2 aromatic carbocycles. The van der Waals surface area contributed by atoms with E-state index in [1.807, 2.05) is 38.1 Å². The molecule has 0 aliphatic carbocycles. The number of para-hydroxylation sites is 1. The molecule has 0 spiro atoms. The predicted molar refractivity (Wildman–Crippen MR) is 113 cm³/mol. The van der Waals surface area contributed by atoms with Crippen LogP contribution < -0.4 is 25.0 Å². The molecule has 1 atom stereocenters. The number of ether oxygens (including phenoxy) is 2. The van der Waals surface area contributed by atoms with E-state index in [4.69, 9.17) is 9.47 Å². The molecule has 0 radical (unpaired) electrons. The Balaban J connectivity index is 1.73. The van der Waals surface area contributed by atoms with Crippen molar-refractivity contribution < 1.29 is 19.1 Å². The van der Waals surface area contributed by atoms with Crippen LogP contribution in [0.4, 0.5) is 16.2 Å². The van der Waals surface area contributed by atoms with Gasteiger partial charge in [-0.05, 0) is 36.1 Å². The average Bonchev–Trinajstić information content (AvgIpc) is 3.15. The van der Waals surface area contributed by atoms with Crippen LogP contribution in [0.1, 0.15) is 19.4 Å². The fourth-order valence-electron chi connectivity index (χ4n) is 3.45. The fraction of sp³-hybridized carbons (Fsp3) is 0.364. The Hall–Kier alpha value is -3.22. The van der Waals surface area contributed by atoms with Gasteiger partial charge in [-0.15, -0.1) is 0 Å². The number of fused-ring (bicyclic) bond motifs is 1. The number of hydrogen-bond acceptors (Lipinski definition) is 4. The minimum absolute atomic E-state index is 0.0706. The third-order valence-electron chi connectivity index (χ3n) is 5.03. The lowest BCUT2D eigenvalue weighted by molar-refractivity contribution is -0.121. The summed E-state index contributed by atoms with van der Waals surface area (Å²) in [5, 5.41) is 5.59. The summed E-state index contributed by atoms with van der Waals surface area (Å²) >= 11 is 0. The van der Waals surface area contributed by atoms with Gasteiger partial charge in [0.2, 0.25) is 5.91 Å². The molecule has 3 amide bonds. The Morgan fingerprint density at radius 1 is 1.07 bits per heavy atom. The minimum atomic E-state index is -0.648. The van der Waals surface area contributed by atoms with Crippen molar-refractivity contribution in [1.29, 1.82) is 0 Å². The lowest BCUT2D eigenvalue weighted by Gasteiger charge is -2.27. The first-order valence-electron chi connectivity index (χ1n) is 9.63. The SMILES string of the molecule is COc1ccc(NC(=O)N[C@@H](C(=O)N2CCc3ccccc32)C(C)C)c(OC)c1. The molecule has 2 N–H and O–H groups in total. The lowest BCUT2D eigenvalue weighted by atomic mass is 10.0. The second-order valence-electron chi connectivity index (χ2n) is 7.25. The zero-order chi connectivity index (χ0) is 21.0. The maximum absolute atomic E-state index is 13.2. The quantitative estimate of drug-likeness (QED) is 0.783. The molecular weight excluding hydrogens is 370 g/mol. The monoisotopic (exact) mass is 397 g/mol. The molecule has 1 aliphatic heterocycles. The highest BCUT2D eigenvalue weighted by Crippen LogP contribution is 2.30. The molecule has 0 saturated heterocycles. The summed E-state index contributed by atoms with van der Waals surface area (Å²) in [6.45, 7) is 4.45. The number of rotatable bonds is 6. The highest BCUT2D eigenvalue weighted by molar-refractivity contribution is 6.02. The molecule has 0 aromatic heterocycles. The van der Waals surface area contributed by atoms with Gasteiger partial charge in [0, 0.05) is 18.3 Å². The summed E-state index contributed by atoms with van der Waals surface area (Å²) in [6.07, 6.45) is 0.821. The Morgan fingerprint density at radius 3 is 2.52 bits per heavy atom. The standard InChI is InChI=1S/C22H27N3O4/c1-14(2)20(21(26)25-12-11-15-7-5-6-8-18(15)25)24-22(27)23-17-10-9-16(28-3)13-19(17)29-4/h5-10,13-14,20H,11-12H2,1-4H3,(H2,23,24,27)/t20-/m1/s1. The third-order valence-corrected chi connectivity index (χ3v) is 5.03. The largest absolute Gasteiger partial charge is 0.497 e. The Kier molecular flexibility index (Phi) is 6.26. The van der Waals surface area contributed by atoms with Crippen molar-refractivity contribution in [3.05, 3.63) is 48.0 Å². The number of nitrogens with one attached hydrogen (secondary N) is 2. The first-order valence-corrected chi connectivity index (χ1v) is 9.63. The second kappa shape index (κ2) is 8.86. The Labute approximate surface area is 171 Å². The van der Waals surface area contributed by atoms with Gasteiger partial charge in [-0.25, -0.2) is 4.79 Å². The van der Waals surface area contributed by atoms with Gasteiger partial charge in [0.15, 0.2) is 0 Å². The summed E-state index contributed by atoms with van der Waals surface area (Å²) in [6, 6.07) is 11.9. The molecule has 2 aromatic rings. The molecule has 0 bridgehead atoms. The van der Waals surface area contributed by atoms with Crippen molar-refractivity contribution in [1.82, 2.24) is 5.32 Å². The molecule has 0 fully saturated rings. The number of hydrogen-bond donors (Lipinski definition) is 2. The van der Waals surface area contributed by atoms with Crippen LogP contribution in [0.3, 0.4) is 0 Å². The molecule has 0 saturated carbocycles. The van der Waals surface area contributed by atoms with Crippen LogP contribution in [0.15, 0.2) is 42.5 Å². The van der Waals surface area contributed by atoms with Gasteiger partial charge < -0.3 is 25.0 Å². The zero-order valence-corrected chi connectivity index (χ0v) is 17.2. The Bertz CT molecular complexity index is 897. The summed E-state index contributed by atoms with van der Waals surface area (Å²) in [7, 11) is 3.08. The smallest absolute Gasteiger partial charge is 0.320 e. The topological polar surface area (TPSA) is 79.9 Å². The van der Waals surface area contributed by atoms with Crippen molar-refractivity contribution in [2.75, 3.05) is 31.0 Å². The maximum atomic E-state index is 13.2. The van der Waals surface area contributed by atoms with Crippen molar-refractivity contribution in [3.8, 4) is 11.5 Å². The van der Waals surface area contributed by atoms with Gasteiger partial charge in [0.05, 0.1) is 19.9 Å². The van der Waals surface area contributed by atoms with E-state index in [-0.39, 0.29) is 11.8 Å². The van der Waals surface area contributed by atoms with Gasteiger partial charge in [-0.2, -0.15) is 0 Å². The van der Waals surface area contributed by atoms with E-state index in [1.165, 1.54) is 7.11 Å². The summed E-state index contributed by atoms with van der Waals surface area (Å²) in [5.74, 6) is 0.914. The zero-order valence-electron chi connectivity index (χ0n) is 17.2. The molecule has 3 rings (SSSR count). The van der Waals surface area contributed by atoms with Crippen molar-refractivity contribution >= 4 is 23.3 Å². The van der Waals surface area contributed by atoms with Crippen LogP contribution in [0.25, 0.3) is 0 Å². The van der Waals surface area contributed by atoms with Gasteiger partial charge in [0.25, 0.3) is 0 Å². The van der Waals surface area contributed by atoms with Crippen molar-refractivity contribution in [2.24, 2.45) is 5.92 Å². The van der Waals surface area contributed by atoms with Gasteiger partial charge in [-0.3, -0.25) is 4.79 Å². The molecule has 7 nitrogen and oxygen atoms in total. The van der Waals surface area contributed by atoms with E-state index in [1.54, 1.807) is 30.2 Å². The molecule has 154 valence electrons. The number of anilines is 2. The first kappa shape index (κ1) is 20.5. The third kappa shape index (κ3) is 4.45. The number of carbonyl (C=O) groups is 2. The molecule has 0 unspecified atom stereocenters. The summed E-state index contributed by atoms with van der Waals surface area (Å²) in [4.78, 5) is 27.6. The normalized spacial score (nSPS) is 13.6. The molecular formula is C22H27N3O4. The van der Waals surface area contributed by atoms with E-state index < -0.39 is 12.1 Å². The Morgan fingerprint density at radius 2 is 1.83 bits per heavy atom. The van der Waals surface area contributed by atoms with Crippen LogP contribution in [0.2, 0.25) is 0 Å². The van der Waals surface area contributed by atoms with Crippen LogP contribution in [-0.2, 0) is 11.2 Å². The van der Waals surface area contributed by atoms with Crippen molar-refractivity contribution in [2.45, 2.75) is 26.3 Å². The van der Waals surface area contributed by atoms with Crippen LogP contribution >= 0.6 is 0 Å². The van der Waals surface area contributed by atoms with E-state index in [0.29, 0.717) is 23.7 Å². The van der Waals surface area contributed by atoms with E-state index in [2.05, 4.69) is 10.6 Å². The second-order valence-corrected chi connectivity index (χ2v) is 7.25. The molecule has 1 heterocycles. The van der Waals surface area contributed by atoms with Crippen molar-refractivity contribution in [3.63, 3.8) is 0 Å². The number of urea groups is 1. The average molecular weight is 397 g/mol.